The molecule has 1 aromatic carbocycles. The van der Waals surface area contributed by atoms with Crippen molar-refractivity contribution in [2.45, 2.75) is 6.18 Å². The van der Waals surface area contributed by atoms with Gasteiger partial charge in [-0.05, 0) is 22.0 Å². The number of anilines is 1. The van der Waals surface area contributed by atoms with Crippen molar-refractivity contribution in [3.05, 3.63) is 28.2 Å². The Bertz CT molecular complexity index is 463. The molecule has 3 nitrogen and oxygen atoms in total. The van der Waals surface area contributed by atoms with E-state index in [0.717, 1.165) is 0 Å². The number of alkyl halides is 3. The second-order valence-corrected chi connectivity index (χ2v) is 3.92. The van der Waals surface area contributed by atoms with Crippen molar-refractivity contribution in [1.82, 2.24) is 0 Å². The Balaban J connectivity index is 2.68. The minimum absolute atomic E-state index is 0.186. The standard InChI is InChI=1S/C9H5BrF5NO2/c10-4-1-6(12)7(2-5(4)11)16-8(17)18-3-9(13,14)15/h1-2H,3H2,(H,16,17). The fraction of sp³-hybridized carbons (Fsp3) is 0.222. The quantitative estimate of drug-likeness (QED) is 0.659. The first kappa shape index (κ1) is 14.7. The van der Waals surface area contributed by atoms with Crippen LogP contribution in [0.5, 0.6) is 0 Å². The molecule has 0 radical (unpaired) electrons. The molecule has 0 atom stereocenters. The molecule has 0 heterocycles. The van der Waals surface area contributed by atoms with Gasteiger partial charge in [-0.2, -0.15) is 13.2 Å². The molecule has 1 rings (SSSR count). The lowest BCUT2D eigenvalue weighted by Gasteiger charge is -2.10. The predicted molar refractivity (Wildman–Crippen MR) is 55.1 cm³/mol. The van der Waals surface area contributed by atoms with Crippen molar-refractivity contribution in [1.29, 1.82) is 0 Å². The van der Waals surface area contributed by atoms with Gasteiger partial charge < -0.3 is 4.74 Å². The summed E-state index contributed by atoms with van der Waals surface area (Å²) in [6, 6.07) is 1.32. The van der Waals surface area contributed by atoms with Gasteiger partial charge in [-0.15, -0.1) is 0 Å². The summed E-state index contributed by atoms with van der Waals surface area (Å²) in [7, 11) is 0. The van der Waals surface area contributed by atoms with Crippen LogP contribution in [0, 0.1) is 11.6 Å². The van der Waals surface area contributed by atoms with Gasteiger partial charge in [-0.25, -0.2) is 13.6 Å². The first-order valence-electron chi connectivity index (χ1n) is 4.34. The lowest BCUT2D eigenvalue weighted by Crippen LogP contribution is -2.23. The molecular weight excluding hydrogens is 329 g/mol. The molecule has 0 bridgehead atoms. The molecule has 1 N–H and O–H groups in total. The van der Waals surface area contributed by atoms with Crippen LogP contribution in [0.3, 0.4) is 0 Å². The molecule has 1 amide bonds. The van der Waals surface area contributed by atoms with Gasteiger partial charge in [-0.3, -0.25) is 5.32 Å². The number of rotatable bonds is 2. The van der Waals surface area contributed by atoms with E-state index in [1.165, 1.54) is 0 Å². The molecule has 0 spiro atoms. The number of nitrogens with one attached hydrogen (secondary N) is 1. The number of hydrogen-bond donors (Lipinski definition) is 1. The molecule has 1 aromatic rings. The molecule has 18 heavy (non-hydrogen) atoms. The zero-order valence-corrected chi connectivity index (χ0v) is 10.0. The number of amides is 1. The van der Waals surface area contributed by atoms with Crippen molar-refractivity contribution in [3.8, 4) is 0 Å². The maximum atomic E-state index is 13.2. The third kappa shape index (κ3) is 4.47. The Labute approximate surface area is 106 Å². The number of hydrogen-bond acceptors (Lipinski definition) is 2. The molecule has 0 saturated heterocycles. The predicted octanol–water partition coefficient (Wildman–Crippen LogP) is 3.84. The number of benzene rings is 1. The number of ether oxygens (including phenoxy) is 1. The number of halogens is 6. The van der Waals surface area contributed by atoms with Crippen LogP contribution >= 0.6 is 15.9 Å². The van der Waals surface area contributed by atoms with Crippen LogP contribution in [-0.2, 0) is 4.74 Å². The monoisotopic (exact) mass is 333 g/mol. The highest BCUT2D eigenvalue weighted by Gasteiger charge is 2.29. The summed E-state index contributed by atoms with van der Waals surface area (Å²) in [5.74, 6) is -1.91. The molecule has 0 aromatic heterocycles. The van der Waals surface area contributed by atoms with Crippen LogP contribution in [0.15, 0.2) is 16.6 Å². The molecule has 0 fully saturated rings. The summed E-state index contributed by atoms with van der Waals surface area (Å²) < 4.78 is 64.9. The van der Waals surface area contributed by atoms with Gasteiger partial charge in [0.05, 0.1) is 10.2 Å². The van der Waals surface area contributed by atoms with Crippen LogP contribution in [-0.4, -0.2) is 18.9 Å². The molecule has 0 saturated carbocycles. The third-order valence-electron chi connectivity index (χ3n) is 1.61. The minimum Gasteiger partial charge on any atom is -0.440 e. The summed E-state index contributed by atoms with van der Waals surface area (Å²) >= 11 is 2.70. The third-order valence-corrected chi connectivity index (χ3v) is 2.22. The fourth-order valence-electron chi connectivity index (χ4n) is 0.912. The Kier molecular flexibility index (Phi) is 4.49. The topological polar surface area (TPSA) is 38.3 Å². The zero-order chi connectivity index (χ0) is 13.9. The van der Waals surface area contributed by atoms with Gasteiger partial charge in [0.2, 0.25) is 0 Å². The summed E-state index contributed by atoms with van der Waals surface area (Å²) in [5.41, 5.74) is -0.622. The highest BCUT2D eigenvalue weighted by molar-refractivity contribution is 9.10. The van der Waals surface area contributed by atoms with E-state index in [1.807, 2.05) is 0 Å². The Hall–Kier alpha value is -1.38. The van der Waals surface area contributed by atoms with Gasteiger partial charge >= 0.3 is 12.3 Å². The first-order chi connectivity index (χ1) is 8.19. The van der Waals surface area contributed by atoms with Gasteiger partial charge in [-0.1, -0.05) is 0 Å². The maximum absolute atomic E-state index is 13.2. The Morgan fingerprint density at radius 2 is 1.89 bits per heavy atom. The first-order valence-corrected chi connectivity index (χ1v) is 5.13. The SMILES string of the molecule is O=C(Nc1cc(F)c(Br)cc1F)OCC(F)(F)F. The number of carbonyl (C=O) groups is 1. The highest BCUT2D eigenvalue weighted by Crippen LogP contribution is 2.23. The molecule has 0 aliphatic rings. The van der Waals surface area contributed by atoms with Gasteiger partial charge in [0.1, 0.15) is 11.6 Å². The van der Waals surface area contributed by atoms with Crippen LogP contribution in [0.1, 0.15) is 0 Å². The van der Waals surface area contributed by atoms with Crippen molar-refractivity contribution in [3.63, 3.8) is 0 Å². The van der Waals surface area contributed by atoms with E-state index in [1.54, 1.807) is 5.32 Å². The lowest BCUT2D eigenvalue weighted by molar-refractivity contribution is -0.159. The molecule has 0 aliphatic heterocycles. The molecule has 0 unspecified atom stereocenters. The van der Waals surface area contributed by atoms with E-state index < -0.39 is 36.2 Å². The van der Waals surface area contributed by atoms with E-state index in [0.29, 0.717) is 12.1 Å². The van der Waals surface area contributed by atoms with Crippen molar-refractivity contribution in [2.24, 2.45) is 0 Å². The summed E-state index contributed by atoms with van der Waals surface area (Å²) in [4.78, 5) is 10.9. The largest absolute Gasteiger partial charge is 0.440 e. The van der Waals surface area contributed by atoms with E-state index in [9.17, 15) is 26.7 Å². The van der Waals surface area contributed by atoms with Crippen LogP contribution in [0.4, 0.5) is 32.4 Å². The number of carbonyl (C=O) groups excluding carboxylic acids is 1. The maximum Gasteiger partial charge on any atom is 0.422 e. The second kappa shape index (κ2) is 5.51. The van der Waals surface area contributed by atoms with Gasteiger partial charge in [0.15, 0.2) is 6.61 Å². The zero-order valence-electron chi connectivity index (χ0n) is 8.45. The summed E-state index contributed by atoms with van der Waals surface area (Å²) in [5, 5.41) is 1.65. The smallest absolute Gasteiger partial charge is 0.422 e. The average Bonchev–Trinajstić information content (AvgIpc) is 2.22. The van der Waals surface area contributed by atoms with Crippen LogP contribution in [0.25, 0.3) is 0 Å². The van der Waals surface area contributed by atoms with Gasteiger partial charge in [0.25, 0.3) is 0 Å². The summed E-state index contributed by atoms with van der Waals surface area (Å²) in [6.45, 7) is -1.82. The second-order valence-electron chi connectivity index (χ2n) is 3.06. The molecule has 0 aliphatic carbocycles. The van der Waals surface area contributed by atoms with E-state index in [-0.39, 0.29) is 4.47 Å². The van der Waals surface area contributed by atoms with E-state index in [2.05, 4.69) is 20.7 Å². The van der Waals surface area contributed by atoms with E-state index >= 15 is 0 Å². The lowest BCUT2D eigenvalue weighted by atomic mass is 10.3. The van der Waals surface area contributed by atoms with Crippen LogP contribution < -0.4 is 5.32 Å². The highest BCUT2D eigenvalue weighted by atomic mass is 79.9. The Morgan fingerprint density at radius 1 is 1.28 bits per heavy atom. The average molecular weight is 334 g/mol. The fourth-order valence-corrected chi connectivity index (χ4v) is 1.23. The minimum atomic E-state index is -4.69. The van der Waals surface area contributed by atoms with Gasteiger partial charge in [0, 0.05) is 6.07 Å². The van der Waals surface area contributed by atoms with Crippen molar-refractivity contribution in [2.75, 3.05) is 11.9 Å². The molecular formula is C9H5BrF5NO2. The van der Waals surface area contributed by atoms with Crippen molar-refractivity contribution < 1.29 is 31.5 Å². The summed E-state index contributed by atoms with van der Waals surface area (Å²) in [6.07, 6.45) is -6.23. The normalized spacial score (nSPS) is 11.2. The molecule has 9 heteroatoms. The van der Waals surface area contributed by atoms with Crippen LogP contribution in [0.2, 0.25) is 0 Å². The molecule has 100 valence electrons. The van der Waals surface area contributed by atoms with Crippen molar-refractivity contribution >= 4 is 27.7 Å². The van der Waals surface area contributed by atoms with E-state index in [4.69, 9.17) is 0 Å². The Morgan fingerprint density at radius 3 is 2.44 bits per heavy atom.